The van der Waals surface area contributed by atoms with Gasteiger partial charge < -0.3 is 15.6 Å². The van der Waals surface area contributed by atoms with E-state index in [1.807, 2.05) is 0 Å². The van der Waals surface area contributed by atoms with Gasteiger partial charge in [-0.2, -0.15) is 0 Å². The van der Waals surface area contributed by atoms with Gasteiger partial charge in [-0.3, -0.25) is 9.59 Å². The average Bonchev–Trinajstić information content (AvgIpc) is 2.28. The summed E-state index contributed by atoms with van der Waals surface area (Å²) in [4.78, 5) is 25.0. The Hall–Kier alpha value is -1.62. The van der Waals surface area contributed by atoms with E-state index >= 15 is 0 Å². The molecule has 1 rings (SSSR count). The van der Waals surface area contributed by atoms with E-state index in [1.165, 1.54) is 12.3 Å². The van der Waals surface area contributed by atoms with Gasteiger partial charge in [0.25, 0.3) is 5.91 Å². The van der Waals surface area contributed by atoms with E-state index in [0.717, 1.165) is 19.5 Å². The van der Waals surface area contributed by atoms with Crippen molar-refractivity contribution in [2.24, 2.45) is 0 Å². The van der Waals surface area contributed by atoms with Crippen LogP contribution < -0.4 is 16.2 Å². The Bertz CT molecular complexity index is 387. The first-order chi connectivity index (χ1) is 7.74. The zero-order chi connectivity index (χ0) is 11.8. The molecular formula is C11H17N3O2. The quantitative estimate of drug-likeness (QED) is 0.599. The number of hydrogen-bond donors (Lipinski definition) is 3. The highest BCUT2D eigenvalue weighted by atomic mass is 16.2. The fourth-order valence-electron chi connectivity index (χ4n) is 1.25. The first-order valence-corrected chi connectivity index (χ1v) is 5.41. The van der Waals surface area contributed by atoms with E-state index in [4.69, 9.17) is 0 Å². The second kappa shape index (κ2) is 6.79. The van der Waals surface area contributed by atoms with E-state index in [9.17, 15) is 9.59 Å². The summed E-state index contributed by atoms with van der Waals surface area (Å²) in [6.07, 6.45) is 2.54. The van der Waals surface area contributed by atoms with Crippen molar-refractivity contribution in [3.8, 4) is 0 Å². The Labute approximate surface area is 94.3 Å². The number of hydrogen-bond acceptors (Lipinski definition) is 3. The zero-order valence-corrected chi connectivity index (χ0v) is 9.38. The Balaban J connectivity index is 2.33. The smallest absolute Gasteiger partial charge is 0.251 e. The zero-order valence-electron chi connectivity index (χ0n) is 9.38. The summed E-state index contributed by atoms with van der Waals surface area (Å²) in [6.45, 7) is 4.33. The number of aromatic amines is 1. The van der Waals surface area contributed by atoms with Crippen molar-refractivity contribution < 1.29 is 4.79 Å². The summed E-state index contributed by atoms with van der Waals surface area (Å²) in [5, 5.41) is 5.90. The standard InChI is InChI=1S/C11H17N3O2/c1-2-4-12-6-7-14-11(16)9-3-5-13-10(15)8-9/h3,5,8,12H,2,4,6-7H2,1H3,(H,13,15)(H,14,16). The highest BCUT2D eigenvalue weighted by molar-refractivity contribution is 5.93. The van der Waals surface area contributed by atoms with Gasteiger partial charge in [-0.1, -0.05) is 6.92 Å². The lowest BCUT2D eigenvalue weighted by molar-refractivity contribution is 0.0953. The van der Waals surface area contributed by atoms with Crippen LogP contribution in [0.5, 0.6) is 0 Å². The predicted octanol–water partition coefficient (Wildman–Crippen LogP) is 0.104. The molecule has 5 heteroatoms. The van der Waals surface area contributed by atoms with E-state index in [-0.39, 0.29) is 11.5 Å². The van der Waals surface area contributed by atoms with Crippen LogP contribution in [0.25, 0.3) is 0 Å². The van der Waals surface area contributed by atoms with Gasteiger partial charge in [0.1, 0.15) is 0 Å². The van der Waals surface area contributed by atoms with Crippen molar-refractivity contribution in [3.05, 3.63) is 34.2 Å². The van der Waals surface area contributed by atoms with Crippen molar-refractivity contribution in [2.75, 3.05) is 19.6 Å². The minimum Gasteiger partial charge on any atom is -0.351 e. The van der Waals surface area contributed by atoms with Crippen LogP contribution in [0.3, 0.4) is 0 Å². The van der Waals surface area contributed by atoms with Crippen molar-refractivity contribution in [1.29, 1.82) is 0 Å². The van der Waals surface area contributed by atoms with Crippen LogP contribution in [0.2, 0.25) is 0 Å². The first-order valence-electron chi connectivity index (χ1n) is 5.41. The molecule has 0 unspecified atom stereocenters. The first kappa shape index (κ1) is 12.4. The van der Waals surface area contributed by atoms with Crippen LogP contribution in [-0.2, 0) is 0 Å². The van der Waals surface area contributed by atoms with Crippen LogP contribution in [0.4, 0.5) is 0 Å². The van der Waals surface area contributed by atoms with E-state index in [1.54, 1.807) is 6.07 Å². The molecule has 0 saturated heterocycles. The summed E-state index contributed by atoms with van der Waals surface area (Å²) in [7, 11) is 0. The summed E-state index contributed by atoms with van der Waals surface area (Å²) in [5.74, 6) is -0.218. The highest BCUT2D eigenvalue weighted by Gasteiger charge is 2.03. The molecule has 1 aromatic heterocycles. The molecule has 0 saturated carbocycles. The lowest BCUT2D eigenvalue weighted by Gasteiger charge is -2.05. The number of aromatic nitrogens is 1. The van der Waals surface area contributed by atoms with Crippen molar-refractivity contribution in [2.45, 2.75) is 13.3 Å². The van der Waals surface area contributed by atoms with Crippen molar-refractivity contribution >= 4 is 5.91 Å². The third-order valence-electron chi connectivity index (χ3n) is 2.05. The minimum atomic E-state index is -0.267. The lowest BCUT2D eigenvalue weighted by Crippen LogP contribution is -2.32. The summed E-state index contributed by atoms with van der Waals surface area (Å²) >= 11 is 0. The number of rotatable bonds is 6. The Morgan fingerprint density at radius 2 is 2.19 bits per heavy atom. The van der Waals surface area contributed by atoms with Crippen LogP contribution in [0.1, 0.15) is 23.7 Å². The summed E-state index contributed by atoms with van der Waals surface area (Å²) in [6, 6.07) is 2.87. The van der Waals surface area contributed by atoms with Gasteiger partial charge in [0.15, 0.2) is 0 Å². The number of amides is 1. The van der Waals surface area contributed by atoms with Crippen LogP contribution in [0, 0.1) is 0 Å². The second-order valence-corrected chi connectivity index (χ2v) is 3.45. The molecule has 0 radical (unpaired) electrons. The predicted molar refractivity (Wildman–Crippen MR) is 62.6 cm³/mol. The largest absolute Gasteiger partial charge is 0.351 e. The maximum Gasteiger partial charge on any atom is 0.251 e. The molecule has 5 nitrogen and oxygen atoms in total. The number of H-pyrrole nitrogens is 1. The lowest BCUT2D eigenvalue weighted by atomic mass is 10.2. The van der Waals surface area contributed by atoms with Gasteiger partial charge in [0, 0.05) is 30.9 Å². The van der Waals surface area contributed by atoms with Gasteiger partial charge in [-0.15, -0.1) is 0 Å². The molecule has 3 N–H and O–H groups in total. The van der Waals surface area contributed by atoms with Crippen molar-refractivity contribution in [3.63, 3.8) is 0 Å². The van der Waals surface area contributed by atoms with Gasteiger partial charge in [-0.05, 0) is 19.0 Å². The Morgan fingerprint density at radius 1 is 1.38 bits per heavy atom. The SMILES string of the molecule is CCCNCCNC(=O)c1cc[nH]c(=O)c1. The van der Waals surface area contributed by atoms with Gasteiger partial charge >= 0.3 is 0 Å². The van der Waals surface area contributed by atoms with Gasteiger partial charge in [0.2, 0.25) is 5.56 Å². The van der Waals surface area contributed by atoms with Crippen LogP contribution >= 0.6 is 0 Å². The van der Waals surface area contributed by atoms with Crippen LogP contribution in [0.15, 0.2) is 23.1 Å². The molecule has 88 valence electrons. The molecule has 0 atom stereocenters. The molecule has 0 bridgehead atoms. The number of carbonyl (C=O) groups is 1. The molecule has 0 spiro atoms. The maximum absolute atomic E-state index is 11.5. The highest BCUT2D eigenvalue weighted by Crippen LogP contribution is 1.91. The molecule has 0 aliphatic heterocycles. The van der Waals surface area contributed by atoms with Crippen LogP contribution in [-0.4, -0.2) is 30.5 Å². The molecule has 0 aromatic carbocycles. The monoisotopic (exact) mass is 223 g/mol. The molecule has 1 aromatic rings. The molecule has 0 aliphatic rings. The third kappa shape index (κ3) is 4.27. The Morgan fingerprint density at radius 3 is 2.88 bits per heavy atom. The fraction of sp³-hybridized carbons (Fsp3) is 0.455. The molecule has 1 amide bonds. The van der Waals surface area contributed by atoms with Crippen molar-refractivity contribution in [1.82, 2.24) is 15.6 Å². The minimum absolute atomic E-state index is 0.218. The maximum atomic E-state index is 11.5. The topological polar surface area (TPSA) is 74.0 Å². The van der Waals surface area contributed by atoms with E-state index in [0.29, 0.717) is 12.1 Å². The molecule has 1 heterocycles. The fourth-order valence-corrected chi connectivity index (χ4v) is 1.25. The summed E-state index contributed by atoms with van der Waals surface area (Å²) < 4.78 is 0. The van der Waals surface area contributed by atoms with Gasteiger partial charge in [-0.25, -0.2) is 0 Å². The number of nitrogens with one attached hydrogen (secondary N) is 3. The van der Waals surface area contributed by atoms with E-state index in [2.05, 4.69) is 22.5 Å². The number of pyridine rings is 1. The molecule has 16 heavy (non-hydrogen) atoms. The Kier molecular flexibility index (Phi) is 5.28. The molecule has 0 aliphatic carbocycles. The number of carbonyl (C=O) groups excluding carboxylic acids is 1. The average molecular weight is 223 g/mol. The third-order valence-corrected chi connectivity index (χ3v) is 2.05. The normalized spacial score (nSPS) is 10.1. The second-order valence-electron chi connectivity index (χ2n) is 3.45. The summed E-state index contributed by atoms with van der Waals surface area (Å²) in [5.41, 5.74) is 0.121. The molecule has 0 fully saturated rings. The van der Waals surface area contributed by atoms with Gasteiger partial charge in [0.05, 0.1) is 0 Å². The van der Waals surface area contributed by atoms with E-state index < -0.39 is 0 Å². The molecular weight excluding hydrogens is 206 g/mol.